The molecule has 1 heterocycles. The van der Waals surface area contributed by atoms with Crippen molar-refractivity contribution >= 4 is 34.9 Å². The number of hydrogen-bond acceptors (Lipinski definition) is 1. The molecule has 0 radical (unpaired) electrons. The van der Waals surface area contributed by atoms with Crippen molar-refractivity contribution in [2.24, 2.45) is 0 Å². The molecular formula is C14H14ClOSb. The van der Waals surface area contributed by atoms with Crippen LogP contribution in [0.4, 0.5) is 0 Å². The zero-order valence-corrected chi connectivity index (χ0v) is 12.7. The van der Waals surface area contributed by atoms with E-state index in [2.05, 4.69) is 53.3 Å². The molecule has 0 aliphatic carbocycles. The number of hydrogen-bond donors (Lipinski definition) is 0. The summed E-state index contributed by atoms with van der Waals surface area (Å²) >= 11 is -1.90. The maximum atomic E-state index is 6.51. The zero-order valence-electron chi connectivity index (χ0n) is 9.42. The van der Waals surface area contributed by atoms with Crippen LogP contribution in [0.2, 0.25) is 0 Å². The van der Waals surface area contributed by atoms with Gasteiger partial charge in [0.2, 0.25) is 0 Å². The van der Waals surface area contributed by atoms with E-state index in [1.54, 1.807) is 0 Å². The van der Waals surface area contributed by atoms with Crippen LogP contribution in [0.15, 0.2) is 60.7 Å². The topological polar surface area (TPSA) is 12.5 Å². The van der Waals surface area contributed by atoms with Crippen LogP contribution in [0.1, 0.15) is 0 Å². The molecular weight excluding hydrogens is 341 g/mol. The summed E-state index contributed by atoms with van der Waals surface area (Å²) < 4.78 is 7.15. The van der Waals surface area contributed by atoms with Crippen LogP contribution in [0.5, 0.6) is 0 Å². The van der Waals surface area contributed by atoms with Crippen molar-refractivity contribution in [3.8, 4) is 0 Å². The van der Waals surface area contributed by atoms with Gasteiger partial charge in [-0.15, -0.1) is 0 Å². The van der Waals surface area contributed by atoms with Crippen LogP contribution in [0.3, 0.4) is 0 Å². The Morgan fingerprint density at radius 1 is 0.765 bits per heavy atom. The molecule has 17 heavy (non-hydrogen) atoms. The molecule has 0 aromatic heterocycles. The Hall–Kier alpha value is -0.492. The van der Waals surface area contributed by atoms with Gasteiger partial charge in [-0.1, -0.05) is 0 Å². The Balaban J connectivity index is 0.000000313. The van der Waals surface area contributed by atoms with Gasteiger partial charge >= 0.3 is 95.6 Å². The van der Waals surface area contributed by atoms with E-state index in [9.17, 15) is 0 Å². The molecule has 0 amide bonds. The Morgan fingerprint density at radius 2 is 1.12 bits per heavy atom. The molecule has 1 aliphatic heterocycles. The van der Waals surface area contributed by atoms with E-state index in [-0.39, 0.29) is 0 Å². The molecule has 3 rings (SSSR count). The summed E-state index contributed by atoms with van der Waals surface area (Å²) in [6.07, 6.45) is 0. The van der Waals surface area contributed by atoms with Crippen LogP contribution in [0.25, 0.3) is 0 Å². The molecule has 3 heteroatoms. The van der Waals surface area contributed by atoms with Crippen LogP contribution in [0, 0.1) is 0 Å². The van der Waals surface area contributed by atoms with Gasteiger partial charge in [-0.3, -0.25) is 0 Å². The van der Waals surface area contributed by atoms with Crippen molar-refractivity contribution in [2.45, 2.75) is 0 Å². The van der Waals surface area contributed by atoms with Crippen molar-refractivity contribution in [3.63, 3.8) is 0 Å². The van der Waals surface area contributed by atoms with Crippen molar-refractivity contribution in [1.29, 1.82) is 0 Å². The second-order valence-corrected chi connectivity index (χ2v) is 10.4. The molecule has 0 saturated carbocycles. The van der Waals surface area contributed by atoms with E-state index in [4.69, 9.17) is 8.83 Å². The molecule has 0 bridgehead atoms. The first-order chi connectivity index (χ1) is 8.38. The van der Waals surface area contributed by atoms with Gasteiger partial charge in [-0.25, -0.2) is 0 Å². The molecule has 0 spiro atoms. The summed E-state index contributed by atoms with van der Waals surface area (Å²) in [5, 5.41) is 0. The van der Waals surface area contributed by atoms with E-state index < -0.39 is 19.1 Å². The third-order valence-electron chi connectivity index (χ3n) is 2.17. The predicted octanol–water partition coefficient (Wildman–Crippen LogP) is 2.05. The molecule has 88 valence electrons. The van der Waals surface area contributed by atoms with Crippen molar-refractivity contribution in [1.82, 2.24) is 0 Å². The van der Waals surface area contributed by atoms with Gasteiger partial charge in [0, 0.05) is 0 Å². The van der Waals surface area contributed by atoms with Gasteiger partial charge in [0.1, 0.15) is 0 Å². The van der Waals surface area contributed by atoms with Gasteiger partial charge in [-0.05, 0) is 0 Å². The zero-order chi connectivity index (χ0) is 11.9. The third-order valence-corrected chi connectivity index (χ3v) is 9.08. The standard InChI is InChI=1S/2C6H5.C2H4O.ClH.Sb/c2*1-2-4-6-5-3-1;1-2-3-1;;/h2*1-5H;1-2H2;1H;/q;;;;+1/p-1. The molecule has 1 saturated heterocycles. The van der Waals surface area contributed by atoms with Gasteiger partial charge in [-0.2, -0.15) is 0 Å². The van der Waals surface area contributed by atoms with E-state index in [0.717, 1.165) is 13.2 Å². The van der Waals surface area contributed by atoms with Crippen molar-refractivity contribution < 1.29 is 4.74 Å². The quantitative estimate of drug-likeness (QED) is 0.593. The fraction of sp³-hybridized carbons (Fsp3) is 0.143. The number of halogens is 1. The van der Waals surface area contributed by atoms with E-state index in [1.165, 1.54) is 7.02 Å². The van der Waals surface area contributed by atoms with Crippen LogP contribution in [-0.2, 0) is 4.74 Å². The van der Waals surface area contributed by atoms with Crippen LogP contribution < -0.4 is 7.02 Å². The van der Waals surface area contributed by atoms with E-state index in [1.807, 2.05) is 12.1 Å². The summed E-state index contributed by atoms with van der Waals surface area (Å²) in [5.74, 6) is 0. The fourth-order valence-electron chi connectivity index (χ4n) is 1.27. The number of epoxide rings is 1. The summed E-state index contributed by atoms with van der Waals surface area (Å²) in [6.45, 7) is 2.00. The molecule has 2 aromatic rings. The van der Waals surface area contributed by atoms with Gasteiger partial charge in [0.15, 0.2) is 0 Å². The van der Waals surface area contributed by atoms with Crippen LogP contribution in [-0.4, -0.2) is 32.3 Å². The Kier molecular flexibility index (Phi) is 5.38. The maximum absolute atomic E-state index is 6.51. The molecule has 0 atom stereocenters. The van der Waals surface area contributed by atoms with Gasteiger partial charge in [0.25, 0.3) is 0 Å². The monoisotopic (exact) mass is 354 g/mol. The second kappa shape index (κ2) is 7.06. The summed E-state index contributed by atoms with van der Waals surface area (Å²) in [7, 11) is 6.51. The Morgan fingerprint density at radius 3 is 1.41 bits per heavy atom. The average Bonchev–Trinajstić information content (AvgIpc) is 3.28. The molecule has 1 fully saturated rings. The third kappa shape index (κ3) is 4.71. The first-order valence-corrected chi connectivity index (χ1v) is 11.3. The van der Waals surface area contributed by atoms with E-state index >= 15 is 0 Å². The molecule has 2 aromatic carbocycles. The number of benzene rings is 2. The predicted molar refractivity (Wildman–Crippen MR) is 74.6 cm³/mol. The van der Waals surface area contributed by atoms with Crippen LogP contribution >= 0.6 is 8.83 Å². The minimum atomic E-state index is -1.90. The molecule has 0 N–H and O–H groups in total. The number of rotatable bonds is 2. The first kappa shape index (κ1) is 13.0. The average molecular weight is 355 g/mol. The minimum absolute atomic E-state index is 1.00. The van der Waals surface area contributed by atoms with Crippen molar-refractivity contribution in [2.75, 3.05) is 13.2 Å². The van der Waals surface area contributed by atoms with Gasteiger partial charge in [0.05, 0.1) is 13.2 Å². The molecule has 1 aliphatic rings. The van der Waals surface area contributed by atoms with Crippen molar-refractivity contribution in [3.05, 3.63) is 60.7 Å². The summed E-state index contributed by atoms with van der Waals surface area (Å²) in [4.78, 5) is 0. The normalized spacial score (nSPS) is 12.8. The fourth-order valence-corrected chi connectivity index (χ4v) is 6.11. The van der Waals surface area contributed by atoms with E-state index in [0.29, 0.717) is 0 Å². The molecule has 0 unspecified atom stereocenters. The second-order valence-electron chi connectivity index (χ2n) is 3.56. The molecule has 1 nitrogen and oxygen atoms in total. The summed E-state index contributed by atoms with van der Waals surface area (Å²) in [5.41, 5.74) is 0. The number of ether oxygens (including phenoxy) is 1. The SMILES string of the molecule is C1CO1.[Cl][Sb]([c]1ccccc1)[c]1ccccc1. The Labute approximate surface area is 113 Å². The van der Waals surface area contributed by atoms with Gasteiger partial charge < -0.3 is 4.74 Å². The Bertz CT molecular complexity index is 388. The summed E-state index contributed by atoms with van der Waals surface area (Å²) in [6, 6.07) is 20.8. The first-order valence-electron chi connectivity index (χ1n) is 5.51.